The van der Waals surface area contributed by atoms with Crippen molar-refractivity contribution in [2.75, 3.05) is 31.1 Å². The fraction of sp³-hybridized carbons (Fsp3) is 0.250. The van der Waals surface area contributed by atoms with E-state index in [-0.39, 0.29) is 5.56 Å². The molecule has 1 aliphatic heterocycles. The van der Waals surface area contributed by atoms with Gasteiger partial charge in [0.2, 0.25) is 5.58 Å². The van der Waals surface area contributed by atoms with E-state index in [0.717, 1.165) is 37.4 Å². The van der Waals surface area contributed by atoms with Crippen molar-refractivity contribution in [1.29, 1.82) is 0 Å². The third-order valence-corrected chi connectivity index (χ3v) is 5.20. The molecule has 1 fully saturated rings. The fourth-order valence-corrected chi connectivity index (χ4v) is 3.79. The van der Waals surface area contributed by atoms with Gasteiger partial charge < -0.3 is 14.3 Å². The van der Waals surface area contributed by atoms with Gasteiger partial charge in [-0.05, 0) is 18.2 Å². The number of piperazine rings is 1. The summed E-state index contributed by atoms with van der Waals surface area (Å²) in [7, 11) is 0. The van der Waals surface area contributed by atoms with E-state index >= 15 is 0 Å². The van der Waals surface area contributed by atoms with Crippen LogP contribution in [0.3, 0.4) is 0 Å². The Morgan fingerprint density at radius 1 is 1.15 bits per heavy atom. The zero-order chi connectivity index (χ0) is 18.2. The maximum absolute atomic E-state index is 12.4. The van der Waals surface area contributed by atoms with E-state index in [1.807, 2.05) is 42.6 Å². The number of aromatic amines is 2. The summed E-state index contributed by atoms with van der Waals surface area (Å²) in [5.41, 5.74) is 1.45. The lowest BCUT2D eigenvalue weighted by molar-refractivity contribution is -0.915. The quantitative estimate of drug-likeness (QED) is 0.552. The molecule has 0 bridgehead atoms. The molecule has 4 aromatic rings. The fourth-order valence-electron chi connectivity index (χ4n) is 3.79. The van der Waals surface area contributed by atoms with E-state index in [9.17, 15) is 4.79 Å². The Balaban J connectivity index is 1.36. The summed E-state index contributed by atoms with van der Waals surface area (Å²) in [6.45, 7) is 4.64. The van der Waals surface area contributed by atoms with Gasteiger partial charge >= 0.3 is 0 Å². The minimum atomic E-state index is -0.205. The number of H-pyrrole nitrogens is 2. The number of rotatable bonds is 3. The lowest BCUT2D eigenvalue weighted by Crippen LogP contribution is -3.13. The molecule has 3 aromatic heterocycles. The summed E-state index contributed by atoms with van der Waals surface area (Å²) in [6, 6.07) is 13.8. The van der Waals surface area contributed by atoms with Gasteiger partial charge in [-0.1, -0.05) is 18.2 Å². The molecule has 0 spiro atoms. The van der Waals surface area contributed by atoms with Crippen molar-refractivity contribution in [2.24, 2.45) is 0 Å². The first-order valence-electron chi connectivity index (χ1n) is 9.23. The lowest BCUT2D eigenvalue weighted by Gasteiger charge is -2.27. The highest BCUT2D eigenvalue weighted by atomic mass is 16.3. The summed E-state index contributed by atoms with van der Waals surface area (Å²) in [6.07, 6.45) is 1.95. The number of fused-ring (bicyclic) bond motifs is 3. The Morgan fingerprint density at radius 2 is 1.96 bits per heavy atom. The minimum absolute atomic E-state index is 0.205. The summed E-state index contributed by atoms with van der Waals surface area (Å²) < 4.78 is 5.67. The highest BCUT2D eigenvalue weighted by Gasteiger charge is 2.26. The van der Waals surface area contributed by atoms with Gasteiger partial charge in [0.15, 0.2) is 5.82 Å². The maximum Gasteiger partial charge on any atom is 0.294 e. The number of quaternary nitrogens is 1. The number of pyridine rings is 1. The number of nitrogens with one attached hydrogen (secondary N) is 3. The summed E-state index contributed by atoms with van der Waals surface area (Å²) in [4.78, 5) is 27.1. The first-order chi connectivity index (χ1) is 13.3. The van der Waals surface area contributed by atoms with Crippen LogP contribution in [-0.2, 0) is 6.54 Å². The lowest BCUT2D eigenvalue weighted by atomic mass is 10.2. The molecule has 136 valence electrons. The minimum Gasteiger partial charge on any atom is -0.449 e. The molecule has 5 rings (SSSR count). The van der Waals surface area contributed by atoms with Gasteiger partial charge in [-0.15, -0.1) is 0 Å². The third-order valence-electron chi connectivity index (χ3n) is 5.20. The van der Waals surface area contributed by atoms with Crippen molar-refractivity contribution in [3.63, 3.8) is 0 Å². The molecule has 1 saturated heterocycles. The second-order valence-electron chi connectivity index (χ2n) is 6.95. The van der Waals surface area contributed by atoms with Gasteiger partial charge in [0.1, 0.15) is 43.8 Å². The number of anilines is 1. The van der Waals surface area contributed by atoms with Gasteiger partial charge in [0.05, 0.1) is 6.20 Å². The van der Waals surface area contributed by atoms with Crippen LogP contribution in [0.5, 0.6) is 0 Å². The molecule has 0 saturated carbocycles. The average Bonchev–Trinajstić information content (AvgIpc) is 3.09. The van der Waals surface area contributed by atoms with E-state index in [1.165, 1.54) is 4.90 Å². The molecule has 0 amide bonds. The summed E-state index contributed by atoms with van der Waals surface area (Å²) in [5, 5.41) is 0.888. The van der Waals surface area contributed by atoms with Crippen LogP contribution in [-0.4, -0.2) is 36.1 Å². The van der Waals surface area contributed by atoms with E-state index < -0.39 is 0 Å². The van der Waals surface area contributed by atoms with Crippen LogP contribution in [0.1, 0.15) is 5.82 Å². The first-order valence-corrected chi connectivity index (χ1v) is 9.23. The standard InChI is InChI=1S/C20H19N5O2/c26-20-19-18(14-5-1-2-6-15(14)27-19)22-16(23-20)13-24-9-11-25(12-10-24)17-7-3-4-8-21-17/h1-8H,9-13H2,(H,22,23,26)/p+2. The predicted molar refractivity (Wildman–Crippen MR) is 102 cm³/mol. The molecule has 27 heavy (non-hydrogen) atoms. The summed E-state index contributed by atoms with van der Waals surface area (Å²) in [5.74, 6) is 1.86. The van der Waals surface area contributed by atoms with Crippen molar-refractivity contribution in [3.8, 4) is 0 Å². The Hall–Kier alpha value is -3.19. The second-order valence-corrected chi connectivity index (χ2v) is 6.95. The molecular formula is C20H21N5O2+2. The van der Waals surface area contributed by atoms with Crippen LogP contribution in [0.2, 0.25) is 0 Å². The van der Waals surface area contributed by atoms with Gasteiger partial charge in [-0.2, -0.15) is 0 Å². The Bertz CT molecular complexity index is 1140. The molecule has 1 aliphatic rings. The number of aromatic nitrogens is 3. The third kappa shape index (κ3) is 2.96. The van der Waals surface area contributed by atoms with Crippen LogP contribution in [0, 0.1) is 0 Å². The number of hydrogen-bond acceptors (Lipinski definition) is 4. The van der Waals surface area contributed by atoms with Crippen molar-refractivity contribution in [3.05, 3.63) is 64.8 Å². The highest BCUT2D eigenvalue weighted by molar-refractivity contribution is 6.01. The van der Waals surface area contributed by atoms with E-state index in [4.69, 9.17) is 9.40 Å². The molecule has 3 N–H and O–H groups in total. The molecule has 0 unspecified atom stereocenters. The van der Waals surface area contributed by atoms with Crippen LogP contribution in [0.4, 0.5) is 5.82 Å². The largest absolute Gasteiger partial charge is 0.449 e. The molecule has 0 atom stereocenters. The molecule has 7 nitrogen and oxygen atoms in total. The number of hydrogen-bond donors (Lipinski definition) is 2. The van der Waals surface area contributed by atoms with E-state index in [2.05, 4.69) is 20.9 Å². The highest BCUT2D eigenvalue weighted by Crippen LogP contribution is 2.24. The zero-order valence-electron chi connectivity index (χ0n) is 14.9. The molecule has 7 heteroatoms. The zero-order valence-corrected chi connectivity index (χ0v) is 14.9. The van der Waals surface area contributed by atoms with Gasteiger partial charge in [-0.3, -0.25) is 9.69 Å². The summed E-state index contributed by atoms with van der Waals surface area (Å²) >= 11 is 0. The second kappa shape index (κ2) is 6.51. The van der Waals surface area contributed by atoms with Crippen LogP contribution in [0.25, 0.3) is 22.1 Å². The Kier molecular flexibility index (Phi) is 3.86. The number of para-hydroxylation sites is 1. The van der Waals surface area contributed by atoms with Crippen molar-refractivity contribution >= 4 is 27.9 Å². The topological polar surface area (TPSA) is 80.7 Å². The number of benzene rings is 1. The normalized spacial score (nSPS) is 15.6. The SMILES string of the molecule is O=c1[nH]c(C[NH+]2CCN(c3cccc[nH+]3)CC2)nc2c1oc1ccccc12. The molecule has 0 aliphatic carbocycles. The van der Waals surface area contributed by atoms with Gasteiger partial charge in [-0.25, -0.2) is 9.97 Å². The number of nitrogens with zero attached hydrogens (tertiary/aromatic N) is 2. The van der Waals surface area contributed by atoms with E-state index in [1.54, 1.807) is 0 Å². The smallest absolute Gasteiger partial charge is 0.294 e. The average molecular weight is 363 g/mol. The Labute approximate surface area is 155 Å². The van der Waals surface area contributed by atoms with Crippen LogP contribution < -0.4 is 20.3 Å². The van der Waals surface area contributed by atoms with Gasteiger partial charge in [0, 0.05) is 11.5 Å². The van der Waals surface area contributed by atoms with Crippen molar-refractivity contribution < 1.29 is 14.3 Å². The van der Waals surface area contributed by atoms with Crippen LogP contribution in [0.15, 0.2) is 57.9 Å². The molecule has 1 aromatic carbocycles. The molecular weight excluding hydrogens is 342 g/mol. The monoisotopic (exact) mass is 363 g/mol. The van der Waals surface area contributed by atoms with E-state index in [0.29, 0.717) is 29.1 Å². The number of furan rings is 1. The maximum atomic E-state index is 12.4. The van der Waals surface area contributed by atoms with Gasteiger partial charge in [0.25, 0.3) is 11.4 Å². The first kappa shape index (κ1) is 16.0. The van der Waals surface area contributed by atoms with Crippen LogP contribution >= 0.6 is 0 Å². The molecule has 4 heterocycles. The Morgan fingerprint density at radius 3 is 2.78 bits per heavy atom. The van der Waals surface area contributed by atoms with Crippen molar-refractivity contribution in [1.82, 2.24) is 9.97 Å². The van der Waals surface area contributed by atoms with Crippen molar-refractivity contribution in [2.45, 2.75) is 6.54 Å². The molecule has 0 radical (unpaired) electrons. The predicted octanol–water partition coefficient (Wildman–Crippen LogP) is 0.389.